The number of nitrogen functional groups attached to an aromatic ring is 1. The third-order valence-corrected chi connectivity index (χ3v) is 4.95. The second-order valence-electron chi connectivity index (χ2n) is 4.13. The van der Waals surface area contributed by atoms with E-state index in [4.69, 9.17) is 11.0 Å². The smallest absolute Gasteiger partial charge is 0.397 e. The first-order chi connectivity index (χ1) is 9.59. The molecule has 0 spiro atoms. The van der Waals surface area contributed by atoms with Gasteiger partial charge in [-0.05, 0) is 12.1 Å². The standard InChI is InChI=1S/C12H14F3N3O2S/c1-3-18(4-2)21(19,20)9-5-8(7-16)11(17)10(6-9)12(13,14)15/h5-6H,3-4,17H2,1-2H3. The van der Waals surface area contributed by atoms with Crippen molar-refractivity contribution in [2.45, 2.75) is 24.9 Å². The van der Waals surface area contributed by atoms with Crippen LogP contribution in [0.15, 0.2) is 17.0 Å². The Hall–Kier alpha value is -1.79. The number of nitrogens with two attached hydrogens (primary N) is 1. The minimum Gasteiger partial charge on any atom is -0.397 e. The first-order valence-electron chi connectivity index (χ1n) is 6.00. The van der Waals surface area contributed by atoms with Crippen molar-refractivity contribution in [3.8, 4) is 6.07 Å². The molecule has 0 saturated heterocycles. The minimum absolute atomic E-state index is 0.104. The summed E-state index contributed by atoms with van der Waals surface area (Å²) >= 11 is 0. The van der Waals surface area contributed by atoms with Crippen LogP contribution in [0.2, 0.25) is 0 Å². The maximum atomic E-state index is 12.9. The molecule has 0 aliphatic heterocycles. The number of halogens is 3. The van der Waals surface area contributed by atoms with Crippen LogP contribution in [0.1, 0.15) is 25.0 Å². The van der Waals surface area contributed by atoms with E-state index in [0.29, 0.717) is 6.07 Å². The summed E-state index contributed by atoms with van der Waals surface area (Å²) < 4.78 is 64.2. The Balaban J connectivity index is 3.64. The molecule has 116 valence electrons. The zero-order valence-electron chi connectivity index (χ0n) is 11.4. The molecule has 0 atom stereocenters. The highest BCUT2D eigenvalue weighted by molar-refractivity contribution is 7.89. The molecule has 2 N–H and O–H groups in total. The van der Waals surface area contributed by atoms with E-state index < -0.39 is 37.9 Å². The molecule has 0 aliphatic carbocycles. The van der Waals surface area contributed by atoms with Crippen molar-refractivity contribution in [2.24, 2.45) is 0 Å². The van der Waals surface area contributed by atoms with E-state index in [2.05, 4.69) is 0 Å². The number of rotatable bonds is 4. The zero-order chi connectivity index (χ0) is 16.4. The Morgan fingerprint density at radius 3 is 2.19 bits per heavy atom. The second-order valence-corrected chi connectivity index (χ2v) is 6.07. The van der Waals surface area contributed by atoms with E-state index in [1.165, 1.54) is 6.07 Å². The molecular formula is C12H14F3N3O2S. The van der Waals surface area contributed by atoms with Crippen molar-refractivity contribution < 1.29 is 21.6 Å². The van der Waals surface area contributed by atoms with Crippen LogP contribution in [-0.2, 0) is 16.2 Å². The molecular weight excluding hydrogens is 307 g/mol. The summed E-state index contributed by atoms with van der Waals surface area (Å²) in [7, 11) is -4.11. The summed E-state index contributed by atoms with van der Waals surface area (Å²) in [6, 6.07) is 2.81. The van der Waals surface area contributed by atoms with Gasteiger partial charge in [0.25, 0.3) is 0 Å². The number of alkyl halides is 3. The molecule has 0 heterocycles. The fourth-order valence-corrected chi connectivity index (χ4v) is 3.33. The lowest BCUT2D eigenvalue weighted by atomic mass is 10.1. The third kappa shape index (κ3) is 3.28. The van der Waals surface area contributed by atoms with Crippen LogP contribution in [0.5, 0.6) is 0 Å². The number of anilines is 1. The zero-order valence-corrected chi connectivity index (χ0v) is 12.2. The van der Waals surface area contributed by atoms with Gasteiger partial charge < -0.3 is 5.73 Å². The number of benzene rings is 1. The van der Waals surface area contributed by atoms with Gasteiger partial charge in [-0.25, -0.2) is 8.42 Å². The average molecular weight is 321 g/mol. The molecule has 5 nitrogen and oxygen atoms in total. The lowest BCUT2D eigenvalue weighted by Crippen LogP contribution is -2.31. The maximum Gasteiger partial charge on any atom is 0.418 e. The van der Waals surface area contributed by atoms with Crippen LogP contribution >= 0.6 is 0 Å². The van der Waals surface area contributed by atoms with Crippen molar-refractivity contribution in [1.29, 1.82) is 5.26 Å². The van der Waals surface area contributed by atoms with Crippen molar-refractivity contribution in [3.63, 3.8) is 0 Å². The Labute approximate surface area is 120 Å². The highest BCUT2D eigenvalue weighted by Crippen LogP contribution is 2.37. The molecule has 0 radical (unpaired) electrons. The van der Waals surface area contributed by atoms with Crippen molar-refractivity contribution in [1.82, 2.24) is 4.31 Å². The predicted octanol–water partition coefficient (Wildman–Crippen LogP) is 2.19. The second kappa shape index (κ2) is 5.91. The molecule has 0 unspecified atom stereocenters. The van der Waals surface area contributed by atoms with Gasteiger partial charge in [-0.2, -0.15) is 22.7 Å². The van der Waals surface area contributed by atoms with E-state index in [-0.39, 0.29) is 13.1 Å². The van der Waals surface area contributed by atoms with Gasteiger partial charge >= 0.3 is 6.18 Å². The van der Waals surface area contributed by atoms with Crippen LogP contribution in [-0.4, -0.2) is 25.8 Å². The maximum absolute atomic E-state index is 12.9. The summed E-state index contributed by atoms with van der Waals surface area (Å²) in [5.41, 5.74) is 2.66. The largest absolute Gasteiger partial charge is 0.418 e. The van der Waals surface area contributed by atoms with Gasteiger partial charge in [0.15, 0.2) is 0 Å². The molecule has 1 rings (SSSR count). The fourth-order valence-electron chi connectivity index (χ4n) is 1.82. The van der Waals surface area contributed by atoms with Crippen LogP contribution in [0, 0.1) is 11.3 Å². The van der Waals surface area contributed by atoms with Crippen LogP contribution in [0.25, 0.3) is 0 Å². The summed E-state index contributed by atoms with van der Waals surface area (Å²) in [4.78, 5) is -0.593. The van der Waals surface area contributed by atoms with Gasteiger partial charge in [-0.3, -0.25) is 0 Å². The molecule has 0 aliphatic rings. The molecule has 1 aromatic carbocycles. The first-order valence-corrected chi connectivity index (χ1v) is 7.44. The number of hydrogen-bond acceptors (Lipinski definition) is 4. The Kier molecular flexibility index (Phi) is 4.86. The molecule has 9 heteroatoms. The lowest BCUT2D eigenvalue weighted by Gasteiger charge is -2.20. The molecule has 0 bridgehead atoms. The van der Waals surface area contributed by atoms with Crippen molar-refractivity contribution in [2.75, 3.05) is 18.8 Å². The van der Waals surface area contributed by atoms with Gasteiger partial charge in [0.05, 0.1) is 21.7 Å². The monoisotopic (exact) mass is 321 g/mol. The summed E-state index contributed by atoms with van der Waals surface area (Å²) in [6.07, 6.45) is -4.84. The normalized spacial score (nSPS) is 12.4. The molecule has 0 saturated carbocycles. The number of hydrogen-bond donors (Lipinski definition) is 1. The van der Waals surface area contributed by atoms with Crippen LogP contribution in [0.4, 0.5) is 18.9 Å². The highest BCUT2D eigenvalue weighted by atomic mass is 32.2. The van der Waals surface area contributed by atoms with E-state index in [0.717, 1.165) is 10.4 Å². The van der Waals surface area contributed by atoms with Gasteiger partial charge in [-0.15, -0.1) is 0 Å². The molecule has 1 aromatic rings. The van der Waals surface area contributed by atoms with Crippen LogP contribution < -0.4 is 5.73 Å². The Morgan fingerprint density at radius 1 is 1.29 bits per heavy atom. The fraction of sp³-hybridized carbons (Fsp3) is 0.417. The average Bonchev–Trinajstić information content (AvgIpc) is 2.38. The summed E-state index contributed by atoms with van der Waals surface area (Å²) in [6.45, 7) is 3.33. The summed E-state index contributed by atoms with van der Waals surface area (Å²) in [5, 5.41) is 8.85. The van der Waals surface area contributed by atoms with E-state index >= 15 is 0 Å². The molecule has 0 aromatic heterocycles. The van der Waals surface area contributed by atoms with Crippen molar-refractivity contribution in [3.05, 3.63) is 23.3 Å². The van der Waals surface area contributed by atoms with Gasteiger partial charge in [-0.1, -0.05) is 13.8 Å². The number of nitrogens with zero attached hydrogens (tertiary/aromatic N) is 2. The van der Waals surface area contributed by atoms with Gasteiger partial charge in [0, 0.05) is 13.1 Å². The first kappa shape index (κ1) is 17.3. The molecule has 0 fully saturated rings. The highest BCUT2D eigenvalue weighted by Gasteiger charge is 2.36. The molecule has 21 heavy (non-hydrogen) atoms. The Morgan fingerprint density at radius 2 is 1.81 bits per heavy atom. The van der Waals surface area contributed by atoms with E-state index in [1.807, 2.05) is 0 Å². The SMILES string of the molecule is CCN(CC)S(=O)(=O)c1cc(C#N)c(N)c(C(F)(F)F)c1. The Bertz CT molecular complexity index is 674. The third-order valence-electron chi connectivity index (χ3n) is 2.92. The molecule has 0 amide bonds. The van der Waals surface area contributed by atoms with E-state index in [9.17, 15) is 21.6 Å². The predicted molar refractivity (Wildman–Crippen MR) is 70.7 cm³/mol. The quantitative estimate of drug-likeness (QED) is 0.861. The number of nitriles is 1. The van der Waals surface area contributed by atoms with Gasteiger partial charge in [0.1, 0.15) is 6.07 Å². The lowest BCUT2D eigenvalue weighted by molar-refractivity contribution is -0.137. The topological polar surface area (TPSA) is 87.2 Å². The van der Waals surface area contributed by atoms with Crippen LogP contribution in [0.3, 0.4) is 0 Å². The minimum atomic E-state index is -4.84. The number of sulfonamides is 1. The van der Waals surface area contributed by atoms with Crippen molar-refractivity contribution >= 4 is 15.7 Å². The van der Waals surface area contributed by atoms with Gasteiger partial charge in [0.2, 0.25) is 10.0 Å². The van der Waals surface area contributed by atoms with E-state index in [1.54, 1.807) is 13.8 Å². The summed E-state index contributed by atoms with van der Waals surface area (Å²) in [5.74, 6) is 0.